The SMILES string of the molecule is CCNC(CCOC)Cc1nc2ccccc2n1C. The van der Waals surface area contributed by atoms with Crippen LogP contribution in [0.2, 0.25) is 0 Å². The second kappa shape index (κ2) is 6.68. The highest BCUT2D eigenvalue weighted by Crippen LogP contribution is 2.15. The molecule has 1 aromatic carbocycles. The van der Waals surface area contributed by atoms with Crippen LogP contribution in [0, 0.1) is 0 Å². The summed E-state index contributed by atoms with van der Waals surface area (Å²) in [6.45, 7) is 3.88. The molecule has 0 saturated carbocycles. The summed E-state index contributed by atoms with van der Waals surface area (Å²) in [5, 5.41) is 3.50. The van der Waals surface area contributed by atoms with Gasteiger partial charge in [-0.1, -0.05) is 19.1 Å². The van der Waals surface area contributed by atoms with Gasteiger partial charge >= 0.3 is 0 Å². The lowest BCUT2D eigenvalue weighted by atomic mass is 10.1. The fourth-order valence-electron chi connectivity index (χ4n) is 2.42. The number of aromatic nitrogens is 2. The maximum atomic E-state index is 5.18. The fourth-order valence-corrected chi connectivity index (χ4v) is 2.42. The van der Waals surface area contributed by atoms with Crippen molar-refractivity contribution in [2.24, 2.45) is 7.05 Å². The number of fused-ring (bicyclic) bond motifs is 1. The Kier molecular flexibility index (Phi) is 4.93. The van der Waals surface area contributed by atoms with Crippen LogP contribution >= 0.6 is 0 Å². The second-order valence-corrected chi connectivity index (χ2v) is 4.82. The highest BCUT2D eigenvalue weighted by molar-refractivity contribution is 5.75. The highest BCUT2D eigenvalue weighted by Gasteiger charge is 2.13. The number of likely N-dealkylation sites (N-methyl/N-ethyl adjacent to an activating group) is 1. The molecule has 0 aliphatic carbocycles. The average Bonchev–Trinajstić information content (AvgIpc) is 2.74. The topological polar surface area (TPSA) is 39.1 Å². The Hall–Kier alpha value is -1.39. The maximum Gasteiger partial charge on any atom is 0.111 e. The summed E-state index contributed by atoms with van der Waals surface area (Å²) in [4.78, 5) is 4.72. The molecule has 0 fully saturated rings. The van der Waals surface area contributed by atoms with Crippen molar-refractivity contribution in [3.8, 4) is 0 Å². The number of aryl methyl sites for hydroxylation is 1. The second-order valence-electron chi connectivity index (χ2n) is 4.82. The van der Waals surface area contributed by atoms with Crippen LogP contribution in [0.1, 0.15) is 19.2 Å². The summed E-state index contributed by atoms with van der Waals surface area (Å²) in [6, 6.07) is 8.69. The van der Waals surface area contributed by atoms with Crippen molar-refractivity contribution < 1.29 is 4.74 Å². The van der Waals surface area contributed by atoms with Crippen LogP contribution in [0.5, 0.6) is 0 Å². The van der Waals surface area contributed by atoms with E-state index in [0.717, 1.165) is 37.3 Å². The monoisotopic (exact) mass is 261 g/mol. The first kappa shape index (κ1) is 14.0. The van der Waals surface area contributed by atoms with Crippen LogP contribution in [0.3, 0.4) is 0 Å². The number of rotatable bonds is 7. The third-order valence-electron chi connectivity index (χ3n) is 3.47. The summed E-state index contributed by atoms with van der Waals surface area (Å²) in [5.74, 6) is 1.13. The highest BCUT2D eigenvalue weighted by atomic mass is 16.5. The van der Waals surface area contributed by atoms with Crippen LogP contribution in [0.15, 0.2) is 24.3 Å². The Morgan fingerprint density at radius 3 is 2.84 bits per heavy atom. The predicted molar refractivity (Wildman–Crippen MR) is 78.4 cm³/mol. The molecule has 0 aliphatic rings. The Balaban J connectivity index is 2.16. The van der Waals surface area contributed by atoms with Gasteiger partial charge in [0.2, 0.25) is 0 Å². The molecule has 2 rings (SSSR count). The molecule has 0 spiro atoms. The Bertz CT molecular complexity index is 521. The Morgan fingerprint density at radius 2 is 2.16 bits per heavy atom. The van der Waals surface area contributed by atoms with E-state index in [2.05, 4.69) is 42.1 Å². The quantitative estimate of drug-likeness (QED) is 0.830. The Morgan fingerprint density at radius 1 is 1.37 bits per heavy atom. The first-order valence-electron chi connectivity index (χ1n) is 6.89. The van der Waals surface area contributed by atoms with E-state index in [9.17, 15) is 0 Å². The van der Waals surface area contributed by atoms with E-state index < -0.39 is 0 Å². The molecule has 1 aromatic heterocycles. The number of hydrogen-bond acceptors (Lipinski definition) is 3. The lowest BCUT2D eigenvalue weighted by Crippen LogP contribution is -2.33. The Labute approximate surface area is 114 Å². The molecule has 0 amide bonds. The van der Waals surface area contributed by atoms with Gasteiger partial charge in [-0.3, -0.25) is 0 Å². The van der Waals surface area contributed by atoms with E-state index >= 15 is 0 Å². The van der Waals surface area contributed by atoms with Crippen LogP contribution < -0.4 is 5.32 Å². The van der Waals surface area contributed by atoms with Gasteiger partial charge in [0.1, 0.15) is 5.82 Å². The van der Waals surface area contributed by atoms with Gasteiger partial charge in [0, 0.05) is 33.2 Å². The van der Waals surface area contributed by atoms with E-state index in [1.54, 1.807) is 7.11 Å². The third kappa shape index (κ3) is 3.33. The van der Waals surface area contributed by atoms with Crippen molar-refractivity contribution in [3.05, 3.63) is 30.1 Å². The minimum atomic E-state index is 0.417. The van der Waals surface area contributed by atoms with Crippen molar-refractivity contribution in [1.29, 1.82) is 0 Å². The first-order valence-corrected chi connectivity index (χ1v) is 6.89. The first-order chi connectivity index (χ1) is 9.26. The molecule has 1 atom stereocenters. The zero-order valence-corrected chi connectivity index (χ0v) is 12.0. The fraction of sp³-hybridized carbons (Fsp3) is 0.533. The molecule has 19 heavy (non-hydrogen) atoms. The molecule has 4 nitrogen and oxygen atoms in total. The lowest BCUT2D eigenvalue weighted by molar-refractivity contribution is 0.182. The molecule has 0 saturated heterocycles. The van der Waals surface area contributed by atoms with Crippen molar-refractivity contribution >= 4 is 11.0 Å². The van der Waals surface area contributed by atoms with Crippen molar-refractivity contribution in [2.75, 3.05) is 20.3 Å². The number of benzene rings is 1. The molecule has 1 unspecified atom stereocenters. The minimum absolute atomic E-state index is 0.417. The van der Waals surface area contributed by atoms with Gasteiger partial charge in [-0.25, -0.2) is 4.98 Å². The predicted octanol–water partition coefficient (Wildman–Crippen LogP) is 2.13. The summed E-state index contributed by atoms with van der Waals surface area (Å²) in [7, 11) is 3.84. The van der Waals surface area contributed by atoms with Crippen molar-refractivity contribution in [2.45, 2.75) is 25.8 Å². The standard InChI is InChI=1S/C15H23N3O/c1-4-16-12(9-10-19-3)11-15-17-13-7-5-6-8-14(13)18(15)2/h5-8,12,16H,4,9-11H2,1-3H3. The summed E-state index contributed by atoms with van der Waals surface area (Å²) in [5.41, 5.74) is 2.27. The third-order valence-corrected chi connectivity index (χ3v) is 3.47. The number of nitrogens with one attached hydrogen (secondary N) is 1. The van der Waals surface area contributed by atoms with Crippen molar-refractivity contribution in [3.63, 3.8) is 0 Å². The molecule has 1 N–H and O–H groups in total. The molecule has 104 valence electrons. The van der Waals surface area contributed by atoms with Crippen LogP contribution in [-0.4, -0.2) is 35.9 Å². The normalized spacial score (nSPS) is 13.0. The van der Waals surface area contributed by atoms with Crippen LogP contribution in [0.4, 0.5) is 0 Å². The van der Waals surface area contributed by atoms with Gasteiger partial charge in [0.25, 0.3) is 0 Å². The van der Waals surface area contributed by atoms with Gasteiger partial charge in [-0.05, 0) is 25.1 Å². The molecular weight excluding hydrogens is 238 g/mol. The van der Waals surface area contributed by atoms with E-state index in [1.165, 1.54) is 5.52 Å². The van der Waals surface area contributed by atoms with Crippen LogP contribution in [-0.2, 0) is 18.2 Å². The largest absolute Gasteiger partial charge is 0.385 e. The molecule has 4 heteroatoms. The van der Waals surface area contributed by atoms with Gasteiger partial charge < -0.3 is 14.6 Å². The smallest absolute Gasteiger partial charge is 0.111 e. The average molecular weight is 261 g/mol. The van der Waals surface area contributed by atoms with E-state index in [1.807, 2.05) is 6.07 Å². The number of methoxy groups -OCH3 is 1. The van der Waals surface area contributed by atoms with E-state index in [0.29, 0.717) is 6.04 Å². The minimum Gasteiger partial charge on any atom is -0.385 e. The number of imidazole rings is 1. The lowest BCUT2D eigenvalue weighted by Gasteiger charge is -2.17. The zero-order valence-electron chi connectivity index (χ0n) is 12.0. The summed E-state index contributed by atoms with van der Waals surface area (Å²) >= 11 is 0. The van der Waals surface area contributed by atoms with Gasteiger partial charge in [0.15, 0.2) is 0 Å². The number of hydrogen-bond donors (Lipinski definition) is 1. The molecule has 0 bridgehead atoms. The molecule has 1 heterocycles. The van der Waals surface area contributed by atoms with Gasteiger partial charge in [-0.15, -0.1) is 0 Å². The number of ether oxygens (including phenoxy) is 1. The van der Waals surface area contributed by atoms with E-state index in [-0.39, 0.29) is 0 Å². The van der Waals surface area contributed by atoms with Gasteiger partial charge in [0.05, 0.1) is 11.0 Å². The maximum absolute atomic E-state index is 5.18. The number of para-hydroxylation sites is 2. The molecule has 0 aliphatic heterocycles. The van der Waals surface area contributed by atoms with Crippen molar-refractivity contribution in [1.82, 2.24) is 14.9 Å². The number of nitrogens with zero attached hydrogens (tertiary/aromatic N) is 2. The van der Waals surface area contributed by atoms with Gasteiger partial charge in [-0.2, -0.15) is 0 Å². The molecule has 2 aromatic rings. The van der Waals surface area contributed by atoms with E-state index in [4.69, 9.17) is 9.72 Å². The molecular formula is C15H23N3O. The van der Waals surface area contributed by atoms with Crippen LogP contribution in [0.25, 0.3) is 11.0 Å². The summed E-state index contributed by atoms with van der Waals surface area (Å²) in [6.07, 6.45) is 1.94. The summed E-state index contributed by atoms with van der Waals surface area (Å²) < 4.78 is 7.37. The molecule has 0 radical (unpaired) electrons. The zero-order chi connectivity index (χ0) is 13.7.